The number of alkyl carbamates (subject to hydrolysis) is 1. The van der Waals surface area contributed by atoms with Crippen LogP contribution in [-0.4, -0.2) is 55.3 Å². The zero-order valence-corrected chi connectivity index (χ0v) is 18.4. The normalized spacial score (nSPS) is 10.5. The van der Waals surface area contributed by atoms with Crippen molar-refractivity contribution in [1.82, 2.24) is 10.6 Å². The maximum atomic E-state index is 11.9. The van der Waals surface area contributed by atoms with Gasteiger partial charge >= 0.3 is 12.1 Å². The summed E-state index contributed by atoms with van der Waals surface area (Å²) in [5.74, 6) is -1.14. The van der Waals surface area contributed by atoms with E-state index in [9.17, 15) is 24.5 Å². The number of nitrogens with zero attached hydrogens (tertiary/aromatic N) is 1. The quantitative estimate of drug-likeness (QED) is 0.221. The van der Waals surface area contributed by atoms with Crippen LogP contribution < -0.4 is 20.1 Å². The Bertz CT molecular complexity index is 863. The first kappa shape index (κ1) is 26.2. The molecule has 0 heterocycles. The van der Waals surface area contributed by atoms with Crippen molar-refractivity contribution in [2.45, 2.75) is 33.0 Å². The summed E-state index contributed by atoms with van der Waals surface area (Å²) >= 11 is 0. The average molecular weight is 453 g/mol. The van der Waals surface area contributed by atoms with Crippen LogP contribution in [0.5, 0.6) is 11.5 Å². The summed E-state index contributed by atoms with van der Waals surface area (Å²) in [7, 11) is 1.36. The van der Waals surface area contributed by atoms with Gasteiger partial charge in [0.2, 0.25) is 5.91 Å². The number of carbonyl (C=O) groups is 3. The first-order chi connectivity index (χ1) is 15.0. The molecule has 12 nitrogen and oxygen atoms in total. The second-order valence-electron chi connectivity index (χ2n) is 7.28. The number of rotatable bonds is 11. The highest BCUT2D eigenvalue weighted by Gasteiger charge is 2.21. The second kappa shape index (κ2) is 12.1. The Labute approximate surface area is 185 Å². The van der Waals surface area contributed by atoms with Gasteiger partial charge in [0.15, 0.2) is 11.5 Å². The molecule has 1 aromatic rings. The molecule has 0 aliphatic heterocycles. The van der Waals surface area contributed by atoms with E-state index >= 15 is 0 Å². The van der Waals surface area contributed by atoms with E-state index < -0.39 is 48.2 Å². The summed E-state index contributed by atoms with van der Waals surface area (Å²) in [6, 6.07) is 2.49. The molecule has 0 bridgehead atoms. The van der Waals surface area contributed by atoms with Gasteiger partial charge in [-0.15, -0.1) is 0 Å². The third-order valence-electron chi connectivity index (χ3n) is 3.53. The number of hydrogen-bond donors (Lipinski definition) is 2. The number of nitro groups is 1. The fraction of sp³-hybridized carbons (Fsp3) is 0.450. The van der Waals surface area contributed by atoms with E-state index in [0.717, 1.165) is 6.07 Å². The lowest BCUT2D eigenvalue weighted by Gasteiger charge is -2.19. The highest BCUT2D eigenvalue weighted by atomic mass is 16.6. The molecule has 0 spiro atoms. The lowest BCUT2D eigenvalue weighted by atomic mass is 10.1. The van der Waals surface area contributed by atoms with Crippen molar-refractivity contribution >= 4 is 23.7 Å². The number of nitro benzene ring substituents is 1. The number of methoxy groups -OCH3 is 1. The van der Waals surface area contributed by atoms with E-state index in [4.69, 9.17) is 18.9 Å². The zero-order chi connectivity index (χ0) is 24.3. The molecule has 0 saturated carbocycles. The van der Waals surface area contributed by atoms with Gasteiger partial charge in [-0.25, -0.2) is 4.79 Å². The second-order valence-corrected chi connectivity index (χ2v) is 7.28. The van der Waals surface area contributed by atoms with Crippen LogP contribution in [0.2, 0.25) is 0 Å². The van der Waals surface area contributed by atoms with Gasteiger partial charge in [0.05, 0.1) is 23.7 Å². The van der Waals surface area contributed by atoms with Crippen LogP contribution in [0.25, 0.3) is 0 Å². The molecular formula is C20H27N3O9. The van der Waals surface area contributed by atoms with E-state index in [2.05, 4.69) is 17.2 Å². The number of nitrogens with one attached hydrogen (secondary N) is 2. The summed E-state index contributed by atoms with van der Waals surface area (Å²) < 4.78 is 20.5. The molecule has 0 aromatic heterocycles. The fourth-order valence-electron chi connectivity index (χ4n) is 2.21. The van der Waals surface area contributed by atoms with E-state index in [1.54, 1.807) is 20.8 Å². The number of ether oxygens (including phenoxy) is 4. The number of esters is 1. The standard InChI is InChI=1S/C20H27N3O9/c1-6-7-30-16-9-14(23(27)28)13(8-15(16)29-5)12-31-18(25)11-21-17(24)10-22-19(26)32-20(2,3)4/h6,8-9H,1,7,10-12H2,2-5H3,(H,21,24)(H,22,26). The molecule has 0 aliphatic carbocycles. The van der Waals surface area contributed by atoms with Crippen LogP contribution >= 0.6 is 0 Å². The topological polar surface area (TPSA) is 155 Å². The molecule has 2 amide bonds. The molecule has 176 valence electrons. The summed E-state index contributed by atoms with van der Waals surface area (Å²) in [5, 5.41) is 15.9. The average Bonchev–Trinajstić information content (AvgIpc) is 2.71. The Kier molecular flexibility index (Phi) is 9.93. The van der Waals surface area contributed by atoms with E-state index in [-0.39, 0.29) is 29.4 Å². The summed E-state index contributed by atoms with van der Waals surface area (Å²) in [6.45, 7) is 7.30. The van der Waals surface area contributed by atoms with Gasteiger partial charge in [-0.3, -0.25) is 19.7 Å². The van der Waals surface area contributed by atoms with Gasteiger partial charge in [0.1, 0.15) is 31.9 Å². The molecule has 0 aliphatic rings. The van der Waals surface area contributed by atoms with Crippen LogP contribution in [0.15, 0.2) is 24.8 Å². The lowest BCUT2D eigenvalue weighted by molar-refractivity contribution is -0.385. The Hall–Kier alpha value is -3.83. The number of hydrogen-bond acceptors (Lipinski definition) is 9. The first-order valence-electron chi connectivity index (χ1n) is 9.45. The van der Waals surface area contributed by atoms with Crippen molar-refractivity contribution < 1.29 is 38.3 Å². The first-order valence-corrected chi connectivity index (χ1v) is 9.45. The van der Waals surface area contributed by atoms with Gasteiger partial charge < -0.3 is 29.6 Å². The van der Waals surface area contributed by atoms with Crippen LogP contribution in [0.1, 0.15) is 26.3 Å². The van der Waals surface area contributed by atoms with Gasteiger partial charge in [0.25, 0.3) is 5.69 Å². The lowest BCUT2D eigenvalue weighted by Crippen LogP contribution is -2.41. The number of carbonyl (C=O) groups excluding carboxylic acids is 3. The smallest absolute Gasteiger partial charge is 0.408 e. The third kappa shape index (κ3) is 9.32. The molecule has 32 heavy (non-hydrogen) atoms. The van der Waals surface area contributed by atoms with Crippen molar-refractivity contribution in [3.63, 3.8) is 0 Å². The van der Waals surface area contributed by atoms with Crippen LogP contribution in [0, 0.1) is 10.1 Å². The molecule has 2 N–H and O–H groups in total. The largest absolute Gasteiger partial charge is 0.493 e. The van der Waals surface area contributed by atoms with Gasteiger partial charge in [-0.2, -0.15) is 0 Å². The highest BCUT2D eigenvalue weighted by Crippen LogP contribution is 2.35. The van der Waals surface area contributed by atoms with Crippen molar-refractivity contribution in [1.29, 1.82) is 0 Å². The molecule has 1 rings (SSSR count). The van der Waals surface area contributed by atoms with Crippen molar-refractivity contribution in [3.8, 4) is 11.5 Å². The van der Waals surface area contributed by atoms with E-state index in [0.29, 0.717) is 0 Å². The molecule has 0 atom stereocenters. The summed E-state index contributed by atoms with van der Waals surface area (Å²) in [4.78, 5) is 45.9. The van der Waals surface area contributed by atoms with Gasteiger partial charge in [-0.1, -0.05) is 12.7 Å². The molecule has 1 aromatic carbocycles. The van der Waals surface area contributed by atoms with Crippen LogP contribution in [0.3, 0.4) is 0 Å². The zero-order valence-electron chi connectivity index (χ0n) is 18.4. The van der Waals surface area contributed by atoms with E-state index in [1.165, 1.54) is 19.3 Å². The minimum Gasteiger partial charge on any atom is -0.493 e. The number of benzene rings is 1. The minimum atomic E-state index is -0.837. The number of amides is 2. The monoisotopic (exact) mass is 453 g/mol. The molecule has 0 unspecified atom stereocenters. The predicted octanol–water partition coefficient (Wildman–Crippen LogP) is 1.85. The van der Waals surface area contributed by atoms with Gasteiger partial charge in [0, 0.05) is 0 Å². The van der Waals surface area contributed by atoms with Crippen molar-refractivity contribution in [2.24, 2.45) is 0 Å². The fourth-order valence-corrected chi connectivity index (χ4v) is 2.21. The van der Waals surface area contributed by atoms with Crippen molar-refractivity contribution in [3.05, 3.63) is 40.5 Å². The van der Waals surface area contributed by atoms with E-state index in [1.807, 2.05) is 0 Å². The maximum Gasteiger partial charge on any atom is 0.408 e. The predicted molar refractivity (Wildman–Crippen MR) is 112 cm³/mol. The Morgan fingerprint density at radius 1 is 1.16 bits per heavy atom. The molecule has 0 radical (unpaired) electrons. The maximum absolute atomic E-state index is 11.9. The Morgan fingerprint density at radius 3 is 2.41 bits per heavy atom. The molecule has 0 fully saturated rings. The van der Waals surface area contributed by atoms with Crippen LogP contribution in [-0.2, 0) is 25.7 Å². The molecule has 0 saturated heterocycles. The Balaban J connectivity index is 2.62. The SMILES string of the molecule is C=CCOc1cc([N+](=O)[O-])c(COC(=O)CNC(=O)CNC(=O)OC(C)(C)C)cc1OC. The van der Waals surface area contributed by atoms with Crippen LogP contribution in [0.4, 0.5) is 10.5 Å². The van der Waals surface area contributed by atoms with Gasteiger partial charge in [-0.05, 0) is 26.8 Å². The summed E-state index contributed by atoms with van der Waals surface area (Å²) in [6.07, 6.45) is 0.690. The van der Waals surface area contributed by atoms with Crippen molar-refractivity contribution in [2.75, 3.05) is 26.8 Å². The highest BCUT2D eigenvalue weighted by molar-refractivity contribution is 5.85. The summed E-state index contributed by atoms with van der Waals surface area (Å²) in [5.41, 5.74) is -0.974. The molecule has 12 heteroatoms. The third-order valence-corrected chi connectivity index (χ3v) is 3.53. The minimum absolute atomic E-state index is 0.0732. The molecular weight excluding hydrogens is 426 g/mol. The Morgan fingerprint density at radius 2 is 1.84 bits per heavy atom.